The molecule has 10 nitrogen and oxygen atoms in total. The molecule has 1 saturated heterocycles. The lowest BCUT2D eigenvalue weighted by Crippen LogP contribution is -2.49. The van der Waals surface area contributed by atoms with E-state index in [4.69, 9.17) is 9.66 Å². The molecule has 4 rings (SSSR count). The highest BCUT2D eigenvalue weighted by atomic mass is 32.2. The predicted octanol–water partition coefficient (Wildman–Crippen LogP) is 1.76. The minimum Gasteiger partial charge on any atom is -0.337 e. The van der Waals surface area contributed by atoms with E-state index < -0.39 is 20.0 Å². The molecule has 1 aliphatic heterocycles. The van der Waals surface area contributed by atoms with E-state index in [1.807, 2.05) is 38.1 Å². The summed E-state index contributed by atoms with van der Waals surface area (Å²) in [5, 5.41) is 9.16. The van der Waals surface area contributed by atoms with Crippen LogP contribution in [0.4, 0.5) is 0 Å². The van der Waals surface area contributed by atoms with Gasteiger partial charge in [0.2, 0.25) is 31.8 Å². The first-order valence-corrected chi connectivity index (χ1v) is 13.3. The largest absolute Gasteiger partial charge is 0.337 e. The minimum absolute atomic E-state index is 0.0241. The Labute approximate surface area is 193 Å². The van der Waals surface area contributed by atoms with Gasteiger partial charge >= 0.3 is 0 Å². The Morgan fingerprint density at radius 3 is 2.06 bits per heavy atom. The number of rotatable bonds is 6. The molecule has 0 amide bonds. The Bertz CT molecular complexity index is 1330. The summed E-state index contributed by atoms with van der Waals surface area (Å²) < 4.78 is 55.6. The van der Waals surface area contributed by atoms with Crippen LogP contribution in [0.25, 0.3) is 11.4 Å². The standard InChI is InChI=1S/C21H25N5O5S2/c1-15-3-5-17(6-4-15)20-23-21(31-24-20)16(2)25-11-13-26(14-12-25)33(29,30)19-9-7-18(8-10-19)32(22,27)28/h3-10,16H,11-14H2,1-2H3,(H2,22,27,28). The van der Waals surface area contributed by atoms with E-state index in [0.29, 0.717) is 24.8 Å². The van der Waals surface area contributed by atoms with E-state index in [9.17, 15) is 16.8 Å². The maximum Gasteiger partial charge on any atom is 0.244 e. The van der Waals surface area contributed by atoms with Gasteiger partial charge in [-0.2, -0.15) is 9.29 Å². The van der Waals surface area contributed by atoms with E-state index in [0.717, 1.165) is 11.1 Å². The van der Waals surface area contributed by atoms with Gasteiger partial charge in [-0.05, 0) is 38.1 Å². The number of aryl methyl sites for hydroxylation is 1. The average Bonchev–Trinajstić information content (AvgIpc) is 3.29. The van der Waals surface area contributed by atoms with Gasteiger partial charge in [0.1, 0.15) is 0 Å². The van der Waals surface area contributed by atoms with Crippen molar-refractivity contribution in [3.63, 3.8) is 0 Å². The third-order valence-electron chi connectivity index (χ3n) is 5.72. The summed E-state index contributed by atoms with van der Waals surface area (Å²) in [7, 11) is -7.64. The molecule has 0 saturated carbocycles. The quantitative estimate of drug-likeness (QED) is 0.550. The van der Waals surface area contributed by atoms with Crippen LogP contribution in [0.15, 0.2) is 62.8 Å². The van der Waals surface area contributed by atoms with E-state index >= 15 is 0 Å². The van der Waals surface area contributed by atoms with Crippen molar-refractivity contribution in [2.75, 3.05) is 26.2 Å². The van der Waals surface area contributed by atoms with Crippen molar-refractivity contribution in [2.45, 2.75) is 29.7 Å². The number of primary sulfonamides is 1. The molecule has 3 aromatic rings. The van der Waals surface area contributed by atoms with Crippen molar-refractivity contribution in [1.82, 2.24) is 19.3 Å². The number of nitrogens with zero attached hydrogens (tertiary/aromatic N) is 4. The summed E-state index contributed by atoms with van der Waals surface area (Å²) in [4.78, 5) is 6.49. The molecule has 0 spiro atoms. The third kappa shape index (κ3) is 4.99. The summed E-state index contributed by atoms with van der Waals surface area (Å²) in [6.07, 6.45) is 0. The van der Waals surface area contributed by atoms with Crippen LogP contribution in [0, 0.1) is 6.92 Å². The van der Waals surface area contributed by atoms with Crippen LogP contribution in [0.5, 0.6) is 0 Å². The molecule has 2 heterocycles. The highest BCUT2D eigenvalue weighted by Gasteiger charge is 2.32. The maximum atomic E-state index is 13.0. The van der Waals surface area contributed by atoms with Crippen LogP contribution in [0.1, 0.15) is 24.4 Å². The zero-order valence-corrected chi connectivity index (χ0v) is 19.9. The zero-order valence-electron chi connectivity index (χ0n) is 18.2. The van der Waals surface area contributed by atoms with E-state index in [1.165, 1.54) is 28.6 Å². The van der Waals surface area contributed by atoms with Crippen LogP contribution in [0.3, 0.4) is 0 Å². The maximum absolute atomic E-state index is 13.0. The molecule has 1 fully saturated rings. The highest BCUT2D eigenvalue weighted by Crippen LogP contribution is 2.26. The molecule has 1 aliphatic rings. The second-order valence-electron chi connectivity index (χ2n) is 7.95. The topological polar surface area (TPSA) is 140 Å². The Morgan fingerprint density at radius 1 is 0.909 bits per heavy atom. The molecule has 0 bridgehead atoms. The summed E-state index contributed by atoms with van der Waals surface area (Å²) in [5.74, 6) is 0.987. The van der Waals surface area contributed by atoms with Gasteiger partial charge in [0.25, 0.3) is 0 Å². The second-order valence-corrected chi connectivity index (χ2v) is 11.5. The number of hydrogen-bond donors (Lipinski definition) is 1. The third-order valence-corrected chi connectivity index (χ3v) is 8.56. The van der Waals surface area contributed by atoms with Crippen molar-refractivity contribution in [3.05, 3.63) is 60.0 Å². The Hall–Kier alpha value is -2.64. The van der Waals surface area contributed by atoms with Gasteiger partial charge in [0.05, 0.1) is 15.8 Å². The smallest absolute Gasteiger partial charge is 0.244 e. The second kappa shape index (κ2) is 8.95. The molecule has 0 radical (unpaired) electrons. The Morgan fingerprint density at radius 2 is 1.48 bits per heavy atom. The van der Waals surface area contributed by atoms with Crippen molar-refractivity contribution < 1.29 is 21.4 Å². The summed E-state index contributed by atoms with van der Waals surface area (Å²) in [5.41, 5.74) is 2.01. The Kier molecular flexibility index (Phi) is 6.38. The predicted molar refractivity (Wildman–Crippen MR) is 121 cm³/mol. The molecule has 2 N–H and O–H groups in total. The van der Waals surface area contributed by atoms with Crippen LogP contribution < -0.4 is 5.14 Å². The van der Waals surface area contributed by atoms with Gasteiger partial charge in [0.15, 0.2) is 0 Å². The molecular formula is C21H25N5O5S2. The molecule has 0 aliphatic carbocycles. The Balaban J connectivity index is 1.41. The first-order chi connectivity index (χ1) is 15.6. The summed E-state index contributed by atoms with van der Waals surface area (Å²) in [6, 6.07) is 12.6. The first-order valence-electron chi connectivity index (χ1n) is 10.3. The van der Waals surface area contributed by atoms with Crippen LogP contribution >= 0.6 is 0 Å². The minimum atomic E-state index is -3.89. The molecule has 1 unspecified atom stereocenters. The van der Waals surface area contributed by atoms with Crippen molar-refractivity contribution in [2.24, 2.45) is 5.14 Å². The fourth-order valence-corrected chi connectivity index (χ4v) is 5.60. The van der Waals surface area contributed by atoms with E-state index in [-0.39, 0.29) is 28.9 Å². The van der Waals surface area contributed by atoms with Gasteiger partial charge in [-0.25, -0.2) is 22.0 Å². The van der Waals surface area contributed by atoms with Crippen LogP contribution in [-0.2, 0) is 20.0 Å². The number of nitrogens with two attached hydrogens (primary N) is 1. The van der Waals surface area contributed by atoms with Crippen molar-refractivity contribution >= 4 is 20.0 Å². The fourth-order valence-electron chi connectivity index (χ4n) is 3.66. The lowest BCUT2D eigenvalue weighted by Gasteiger charge is -2.36. The van der Waals surface area contributed by atoms with E-state index in [1.54, 1.807) is 0 Å². The first kappa shape index (κ1) is 23.5. The van der Waals surface area contributed by atoms with E-state index in [2.05, 4.69) is 15.0 Å². The lowest BCUT2D eigenvalue weighted by molar-refractivity contribution is 0.124. The number of hydrogen-bond acceptors (Lipinski definition) is 8. The summed E-state index contributed by atoms with van der Waals surface area (Å²) in [6.45, 7) is 5.48. The van der Waals surface area contributed by atoms with Crippen molar-refractivity contribution in [3.8, 4) is 11.4 Å². The van der Waals surface area contributed by atoms with Gasteiger partial charge < -0.3 is 4.52 Å². The number of piperazine rings is 1. The number of sulfonamides is 2. The highest BCUT2D eigenvalue weighted by molar-refractivity contribution is 7.89. The molecule has 33 heavy (non-hydrogen) atoms. The molecule has 1 aromatic heterocycles. The fraction of sp³-hybridized carbons (Fsp3) is 0.333. The van der Waals surface area contributed by atoms with Crippen molar-refractivity contribution in [1.29, 1.82) is 0 Å². The van der Waals surface area contributed by atoms with Gasteiger partial charge in [-0.15, -0.1) is 0 Å². The molecule has 1 atom stereocenters. The molecular weight excluding hydrogens is 466 g/mol. The molecule has 176 valence electrons. The van der Waals surface area contributed by atoms with Gasteiger partial charge in [0, 0.05) is 31.7 Å². The summed E-state index contributed by atoms with van der Waals surface area (Å²) >= 11 is 0. The monoisotopic (exact) mass is 491 g/mol. The number of benzene rings is 2. The normalized spacial score (nSPS) is 17.2. The van der Waals surface area contributed by atoms with Crippen LogP contribution in [-0.4, -0.2) is 62.4 Å². The average molecular weight is 492 g/mol. The SMILES string of the molecule is Cc1ccc(-c2noc(C(C)N3CCN(S(=O)(=O)c4ccc(S(N)(=O)=O)cc4)CC3)n2)cc1. The lowest BCUT2D eigenvalue weighted by atomic mass is 10.1. The zero-order chi connectivity index (χ0) is 23.8. The van der Waals surface area contributed by atoms with Gasteiger partial charge in [-0.1, -0.05) is 35.0 Å². The van der Waals surface area contributed by atoms with Gasteiger partial charge in [-0.3, -0.25) is 4.90 Å². The molecule has 12 heteroatoms. The van der Waals surface area contributed by atoms with Crippen LogP contribution in [0.2, 0.25) is 0 Å². The molecule has 2 aromatic carbocycles. The number of aromatic nitrogens is 2.